The monoisotopic (exact) mass is 289 g/mol. The number of rotatable bonds is 2. The van der Waals surface area contributed by atoms with Crippen molar-refractivity contribution in [3.8, 4) is 0 Å². The number of esters is 1. The summed E-state index contributed by atoms with van der Waals surface area (Å²) in [5, 5.41) is 19.8. The zero-order chi connectivity index (χ0) is 15.1. The number of carbonyl (C=O) groups is 2. The van der Waals surface area contributed by atoms with Crippen molar-refractivity contribution in [3.63, 3.8) is 0 Å². The highest BCUT2D eigenvalue weighted by Gasteiger charge is 2.56. The Morgan fingerprint density at radius 1 is 1.55 bits per heavy atom. The van der Waals surface area contributed by atoms with Gasteiger partial charge >= 0.3 is 12.1 Å². The van der Waals surface area contributed by atoms with Crippen LogP contribution in [0.2, 0.25) is 0 Å². The molecule has 0 spiro atoms. The van der Waals surface area contributed by atoms with E-state index >= 15 is 0 Å². The standard InChI is InChI=1S/C12H19NO7/c1-12(2,3)19-11(17)13-9(6(15)5-14)10-7(20-13)4-8(16)18-10/h6-7,9-10,14-15H,4-5H2,1-3H3/t6-,7-,9-,10+/m1/s1. The van der Waals surface area contributed by atoms with Gasteiger partial charge in [-0.1, -0.05) is 0 Å². The summed E-state index contributed by atoms with van der Waals surface area (Å²) in [6, 6.07) is -0.980. The van der Waals surface area contributed by atoms with Crippen molar-refractivity contribution in [2.45, 2.75) is 57.1 Å². The Hall–Kier alpha value is -1.38. The highest BCUT2D eigenvalue weighted by atomic mass is 16.8. The molecule has 2 rings (SSSR count). The van der Waals surface area contributed by atoms with Crippen molar-refractivity contribution in [3.05, 3.63) is 0 Å². The first kappa shape index (κ1) is 15.0. The van der Waals surface area contributed by atoms with E-state index in [1.54, 1.807) is 20.8 Å². The lowest BCUT2D eigenvalue weighted by Gasteiger charge is -2.29. The van der Waals surface area contributed by atoms with Gasteiger partial charge in [0.05, 0.1) is 13.0 Å². The third-order valence-corrected chi connectivity index (χ3v) is 3.01. The third-order valence-electron chi connectivity index (χ3n) is 3.01. The Morgan fingerprint density at radius 3 is 2.75 bits per heavy atom. The summed E-state index contributed by atoms with van der Waals surface area (Å²) in [6.07, 6.45) is -3.53. The summed E-state index contributed by atoms with van der Waals surface area (Å²) >= 11 is 0. The topological polar surface area (TPSA) is 106 Å². The van der Waals surface area contributed by atoms with Crippen molar-refractivity contribution >= 4 is 12.1 Å². The van der Waals surface area contributed by atoms with E-state index in [2.05, 4.69) is 0 Å². The molecule has 0 aromatic heterocycles. The summed E-state index contributed by atoms with van der Waals surface area (Å²) in [5.74, 6) is -0.459. The second-order valence-corrected chi connectivity index (χ2v) is 5.85. The summed E-state index contributed by atoms with van der Waals surface area (Å²) in [6.45, 7) is 4.49. The molecule has 2 aliphatic rings. The van der Waals surface area contributed by atoms with E-state index < -0.39 is 48.6 Å². The van der Waals surface area contributed by atoms with Crippen LogP contribution in [0.15, 0.2) is 0 Å². The van der Waals surface area contributed by atoms with Crippen LogP contribution in [-0.2, 0) is 19.1 Å². The predicted molar refractivity (Wildman–Crippen MR) is 64.3 cm³/mol. The summed E-state index contributed by atoms with van der Waals surface area (Å²) < 4.78 is 10.2. The number of aliphatic hydroxyl groups is 2. The van der Waals surface area contributed by atoms with E-state index in [1.807, 2.05) is 0 Å². The van der Waals surface area contributed by atoms with E-state index in [0.717, 1.165) is 5.06 Å². The van der Waals surface area contributed by atoms with Gasteiger partial charge in [0.25, 0.3) is 0 Å². The summed E-state index contributed by atoms with van der Waals surface area (Å²) in [7, 11) is 0. The van der Waals surface area contributed by atoms with E-state index in [1.165, 1.54) is 0 Å². The van der Waals surface area contributed by atoms with E-state index in [4.69, 9.17) is 19.4 Å². The van der Waals surface area contributed by atoms with Crippen LogP contribution in [0.4, 0.5) is 4.79 Å². The van der Waals surface area contributed by atoms with Gasteiger partial charge in [0, 0.05) is 0 Å². The Labute approximate surface area is 116 Å². The van der Waals surface area contributed by atoms with E-state index in [0.29, 0.717) is 0 Å². The fraction of sp³-hybridized carbons (Fsp3) is 0.833. The SMILES string of the molecule is CC(C)(C)OC(=O)N1O[C@@H]2CC(=O)O[C@@H]2[C@H]1[C@H](O)CO. The molecule has 8 nitrogen and oxygen atoms in total. The lowest BCUT2D eigenvalue weighted by molar-refractivity contribution is -0.172. The van der Waals surface area contributed by atoms with Crippen LogP contribution in [0, 0.1) is 0 Å². The fourth-order valence-corrected chi connectivity index (χ4v) is 2.25. The largest absolute Gasteiger partial charge is 0.457 e. The lowest BCUT2D eigenvalue weighted by atomic mass is 10.0. The number of hydrogen-bond donors (Lipinski definition) is 2. The molecule has 0 unspecified atom stereocenters. The highest BCUT2D eigenvalue weighted by Crippen LogP contribution is 2.34. The molecule has 2 aliphatic heterocycles. The Bertz CT molecular complexity index is 405. The van der Waals surface area contributed by atoms with Crippen LogP contribution in [0.25, 0.3) is 0 Å². The maximum atomic E-state index is 12.0. The lowest BCUT2D eigenvalue weighted by Crippen LogP contribution is -2.50. The van der Waals surface area contributed by atoms with E-state index in [-0.39, 0.29) is 6.42 Å². The first-order valence-corrected chi connectivity index (χ1v) is 6.40. The molecular formula is C12H19NO7. The first-order chi connectivity index (χ1) is 9.23. The van der Waals surface area contributed by atoms with Gasteiger partial charge in [0.2, 0.25) is 0 Å². The third kappa shape index (κ3) is 2.87. The van der Waals surface area contributed by atoms with Crippen molar-refractivity contribution in [1.29, 1.82) is 0 Å². The van der Waals surface area contributed by atoms with Crippen molar-refractivity contribution in [2.24, 2.45) is 0 Å². The number of aliphatic hydroxyl groups excluding tert-OH is 2. The van der Waals surface area contributed by atoms with Crippen LogP contribution < -0.4 is 0 Å². The molecule has 2 N–H and O–H groups in total. The molecule has 0 aromatic carbocycles. The minimum atomic E-state index is -1.29. The van der Waals surface area contributed by atoms with E-state index in [9.17, 15) is 14.7 Å². The average Bonchev–Trinajstić information content (AvgIpc) is 2.81. The van der Waals surface area contributed by atoms with Gasteiger partial charge < -0.3 is 19.7 Å². The quantitative estimate of drug-likeness (QED) is 0.665. The minimum Gasteiger partial charge on any atom is -0.457 e. The second-order valence-electron chi connectivity index (χ2n) is 5.85. The summed E-state index contributed by atoms with van der Waals surface area (Å²) in [5.41, 5.74) is -0.733. The second kappa shape index (κ2) is 5.19. The number of ether oxygens (including phenoxy) is 2. The molecule has 2 fully saturated rings. The molecule has 0 radical (unpaired) electrons. The van der Waals surface area contributed by atoms with Crippen molar-refractivity contribution in [1.82, 2.24) is 5.06 Å². The number of amides is 1. The minimum absolute atomic E-state index is 0.00138. The maximum Gasteiger partial charge on any atom is 0.434 e. The zero-order valence-corrected chi connectivity index (χ0v) is 11.6. The van der Waals surface area contributed by atoms with Crippen LogP contribution in [0.3, 0.4) is 0 Å². The molecule has 20 heavy (non-hydrogen) atoms. The number of carbonyl (C=O) groups excluding carboxylic acids is 2. The van der Waals surface area contributed by atoms with Gasteiger partial charge in [-0.25, -0.2) is 4.79 Å². The molecule has 114 valence electrons. The van der Waals surface area contributed by atoms with Gasteiger partial charge in [-0.15, -0.1) is 0 Å². The number of nitrogens with zero attached hydrogens (tertiary/aromatic N) is 1. The Balaban J connectivity index is 2.16. The smallest absolute Gasteiger partial charge is 0.434 e. The van der Waals surface area contributed by atoms with Gasteiger partial charge in [-0.2, -0.15) is 5.06 Å². The molecule has 8 heteroatoms. The highest BCUT2D eigenvalue weighted by molar-refractivity contribution is 5.74. The molecule has 0 aliphatic carbocycles. The van der Waals surface area contributed by atoms with Crippen LogP contribution >= 0.6 is 0 Å². The molecule has 0 saturated carbocycles. The number of hydroxylamine groups is 2. The molecule has 2 saturated heterocycles. The van der Waals surface area contributed by atoms with Crippen molar-refractivity contribution in [2.75, 3.05) is 6.61 Å². The fourth-order valence-electron chi connectivity index (χ4n) is 2.25. The van der Waals surface area contributed by atoms with Gasteiger partial charge in [0.1, 0.15) is 23.9 Å². The Kier molecular flexibility index (Phi) is 3.90. The van der Waals surface area contributed by atoms with Gasteiger partial charge in [0.15, 0.2) is 6.10 Å². The van der Waals surface area contributed by atoms with Crippen LogP contribution in [0.1, 0.15) is 27.2 Å². The normalized spacial score (nSPS) is 30.9. The van der Waals surface area contributed by atoms with Crippen molar-refractivity contribution < 1.29 is 34.1 Å². The zero-order valence-electron chi connectivity index (χ0n) is 11.6. The number of fused-ring (bicyclic) bond motifs is 1. The maximum absolute atomic E-state index is 12.0. The number of hydrogen-bond acceptors (Lipinski definition) is 7. The van der Waals surface area contributed by atoms with Gasteiger partial charge in [-0.3, -0.25) is 9.63 Å². The van der Waals surface area contributed by atoms with Crippen LogP contribution in [0.5, 0.6) is 0 Å². The molecule has 4 atom stereocenters. The molecule has 2 heterocycles. The van der Waals surface area contributed by atoms with Crippen LogP contribution in [-0.4, -0.2) is 63.9 Å². The van der Waals surface area contributed by atoms with Gasteiger partial charge in [-0.05, 0) is 20.8 Å². The molecular weight excluding hydrogens is 270 g/mol. The predicted octanol–water partition coefficient (Wildman–Crippen LogP) is -0.425. The molecule has 0 aromatic rings. The average molecular weight is 289 g/mol. The molecule has 0 bridgehead atoms. The first-order valence-electron chi connectivity index (χ1n) is 6.40. The Morgan fingerprint density at radius 2 is 2.20 bits per heavy atom. The molecule has 1 amide bonds. The summed E-state index contributed by atoms with van der Waals surface area (Å²) in [4.78, 5) is 28.6.